The Morgan fingerprint density at radius 2 is 1.82 bits per heavy atom. The van der Waals surface area contributed by atoms with E-state index >= 15 is 0 Å². The molecule has 0 bridgehead atoms. The number of hydrogen-bond acceptors (Lipinski definition) is 12. The molecule has 0 spiro atoms. The Balaban J connectivity index is 1.67. The first kappa shape index (κ1) is 21.7. The van der Waals surface area contributed by atoms with E-state index in [2.05, 4.69) is 35.8 Å². The molecule has 0 saturated carbocycles. The van der Waals surface area contributed by atoms with Crippen molar-refractivity contribution in [3.05, 3.63) is 80.0 Å². The molecule has 0 aliphatic heterocycles. The van der Waals surface area contributed by atoms with Gasteiger partial charge in [0.25, 0.3) is 17.3 Å². The van der Waals surface area contributed by atoms with E-state index < -0.39 is 15.8 Å². The number of nitro benzene ring substituents is 2. The second kappa shape index (κ2) is 8.91. The molecule has 2 aromatic carbocycles. The van der Waals surface area contributed by atoms with E-state index in [1.807, 2.05) is 0 Å². The number of nitrogens with one attached hydrogen (secondary N) is 1. The molecule has 16 nitrogen and oxygen atoms in total. The Bertz CT molecular complexity index is 1430. The van der Waals surface area contributed by atoms with Gasteiger partial charge in [0.15, 0.2) is 5.69 Å². The molecule has 170 valence electrons. The van der Waals surface area contributed by atoms with Gasteiger partial charge in [0.2, 0.25) is 11.6 Å². The zero-order valence-electron chi connectivity index (χ0n) is 16.8. The SMILES string of the molecule is Nc1nonc1-n1nnc(C(=O)NN=Cc2ccc([N+](=O)[O-])cc2)c1-c1cccc([N+](=O)[O-])c1. The van der Waals surface area contributed by atoms with Gasteiger partial charge in [0.1, 0.15) is 5.69 Å². The predicted molar refractivity (Wildman–Crippen MR) is 114 cm³/mol. The summed E-state index contributed by atoms with van der Waals surface area (Å²) in [5.74, 6) is -1.04. The molecule has 0 saturated heterocycles. The van der Waals surface area contributed by atoms with Crippen molar-refractivity contribution in [1.29, 1.82) is 0 Å². The lowest BCUT2D eigenvalue weighted by atomic mass is 10.1. The van der Waals surface area contributed by atoms with Gasteiger partial charge in [-0.3, -0.25) is 25.0 Å². The van der Waals surface area contributed by atoms with E-state index in [0.29, 0.717) is 5.56 Å². The smallest absolute Gasteiger partial charge is 0.294 e. The van der Waals surface area contributed by atoms with Crippen LogP contribution >= 0.6 is 0 Å². The van der Waals surface area contributed by atoms with Crippen LogP contribution in [0.3, 0.4) is 0 Å². The van der Waals surface area contributed by atoms with Crippen LogP contribution in [0.15, 0.2) is 58.3 Å². The maximum Gasteiger partial charge on any atom is 0.294 e. The van der Waals surface area contributed by atoms with Crippen LogP contribution in [0.25, 0.3) is 17.1 Å². The number of non-ortho nitro benzene ring substituents is 2. The van der Waals surface area contributed by atoms with E-state index in [1.54, 1.807) is 0 Å². The van der Waals surface area contributed by atoms with Crippen molar-refractivity contribution >= 4 is 29.3 Å². The summed E-state index contributed by atoms with van der Waals surface area (Å²) in [7, 11) is 0. The molecule has 4 rings (SSSR count). The van der Waals surface area contributed by atoms with Gasteiger partial charge in [-0.1, -0.05) is 17.3 Å². The summed E-state index contributed by atoms with van der Waals surface area (Å²) in [6.45, 7) is 0. The van der Waals surface area contributed by atoms with Gasteiger partial charge in [-0.05, 0) is 28.0 Å². The quantitative estimate of drug-likeness (QED) is 0.226. The van der Waals surface area contributed by atoms with Crippen molar-refractivity contribution in [1.82, 2.24) is 30.7 Å². The maximum atomic E-state index is 12.8. The molecule has 2 heterocycles. The third kappa shape index (κ3) is 4.26. The second-order valence-electron chi connectivity index (χ2n) is 6.53. The Morgan fingerprint density at radius 3 is 2.47 bits per heavy atom. The Labute approximate surface area is 187 Å². The lowest BCUT2D eigenvalue weighted by molar-refractivity contribution is -0.385. The van der Waals surface area contributed by atoms with Crippen molar-refractivity contribution < 1.29 is 19.3 Å². The normalized spacial score (nSPS) is 10.9. The van der Waals surface area contributed by atoms with E-state index in [9.17, 15) is 25.0 Å². The summed E-state index contributed by atoms with van der Waals surface area (Å²) in [6, 6.07) is 10.9. The number of nitrogens with two attached hydrogens (primary N) is 1. The van der Waals surface area contributed by atoms with Gasteiger partial charge >= 0.3 is 0 Å². The molecular weight excluding hydrogens is 452 g/mol. The van der Waals surface area contributed by atoms with Crippen LogP contribution in [0.1, 0.15) is 16.1 Å². The van der Waals surface area contributed by atoms with Crippen molar-refractivity contribution in [2.45, 2.75) is 0 Å². The van der Waals surface area contributed by atoms with Gasteiger partial charge in [0, 0.05) is 29.8 Å². The van der Waals surface area contributed by atoms with E-state index in [-0.39, 0.29) is 40.0 Å². The van der Waals surface area contributed by atoms with Crippen LogP contribution < -0.4 is 11.2 Å². The molecular formula is C18H12N10O6. The van der Waals surface area contributed by atoms with Crippen molar-refractivity contribution in [3.8, 4) is 17.1 Å². The standard InChI is InChI=1S/C18H12N10O6/c19-16-17(24-34-23-16)26-15(11-2-1-3-13(8-11)28(32)33)14(21-25-26)18(29)22-20-9-10-4-6-12(7-5-10)27(30)31/h1-9H,(H2,19,23)(H,22,29). The maximum absolute atomic E-state index is 12.8. The van der Waals surface area contributed by atoms with Gasteiger partial charge in [-0.2, -0.15) is 9.78 Å². The number of hydrogen-bond donors (Lipinski definition) is 2. The van der Waals surface area contributed by atoms with E-state index in [4.69, 9.17) is 5.73 Å². The zero-order chi connectivity index (χ0) is 24.2. The highest BCUT2D eigenvalue weighted by Crippen LogP contribution is 2.29. The van der Waals surface area contributed by atoms with Gasteiger partial charge in [0.05, 0.1) is 16.1 Å². The molecule has 3 N–H and O–H groups in total. The first-order chi connectivity index (χ1) is 16.3. The van der Waals surface area contributed by atoms with Gasteiger partial charge in [-0.15, -0.1) is 5.10 Å². The third-order valence-corrected chi connectivity index (χ3v) is 4.40. The summed E-state index contributed by atoms with van der Waals surface area (Å²) in [4.78, 5) is 33.6. The molecule has 0 radical (unpaired) electrons. The highest BCUT2D eigenvalue weighted by molar-refractivity contribution is 5.99. The van der Waals surface area contributed by atoms with Gasteiger partial charge in [-0.25, -0.2) is 10.1 Å². The number of hydrazone groups is 1. The lowest BCUT2D eigenvalue weighted by Crippen LogP contribution is -2.19. The number of carbonyl (C=O) groups is 1. The summed E-state index contributed by atoms with van der Waals surface area (Å²) >= 11 is 0. The van der Waals surface area contributed by atoms with Crippen LogP contribution in [0.2, 0.25) is 0 Å². The number of anilines is 1. The fourth-order valence-electron chi connectivity index (χ4n) is 2.85. The molecule has 0 unspecified atom stereocenters. The number of nitro groups is 2. The number of amides is 1. The minimum Gasteiger partial charge on any atom is -0.378 e. The highest BCUT2D eigenvalue weighted by atomic mass is 16.6. The average Bonchev–Trinajstić information content (AvgIpc) is 3.45. The van der Waals surface area contributed by atoms with E-state index in [1.165, 1.54) is 54.7 Å². The van der Waals surface area contributed by atoms with Crippen LogP contribution in [0, 0.1) is 20.2 Å². The number of aromatic nitrogens is 5. The summed E-state index contributed by atoms with van der Waals surface area (Å²) < 4.78 is 5.63. The topological polar surface area (TPSA) is 223 Å². The predicted octanol–water partition coefficient (Wildman–Crippen LogP) is 1.48. The monoisotopic (exact) mass is 464 g/mol. The van der Waals surface area contributed by atoms with Crippen LogP contribution in [0.4, 0.5) is 17.2 Å². The molecule has 0 atom stereocenters. The highest BCUT2D eigenvalue weighted by Gasteiger charge is 2.26. The number of carbonyl (C=O) groups excluding carboxylic acids is 1. The molecule has 16 heteroatoms. The lowest BCUT2D eigenvalue weighted by Gasteiger charge is -2.05. The summed E-state index contributed by atoms with van der Waals surface area (Å²) in [6.07, 6.45) is 1.26. The van der Waals surface area contributed by atoms with Gasteiger partial charge < -0.3 is 5.73 Å². The fraction of sp³-hybridized carbons (Fsp3) is 0. The summed E-state index contributed by atoms with van der Waals surface area (Å²) in [5, 5.41) is 40.5. The first-order valence-electron chi connectivity index (χ1n) is 9.22. The van der Waals surface area contributed by atoms with Crippen molar-refractivity contribution in [2.75, 3.05) is 5.73 Å². The zero-order valence-corrected chi connectivity index (χ0v) is 16.8. The Kier molecular flexibility index (Phi) is 5.68. The minimum atomic E-state index is -0.805. The Morgan fingerprint density at radius 1 is 1.09 bits per heavy atom. The van der Waals surface area contributed by atoms with Crippen LogP contribution in [-0.4, -0.2) is 47.3 Å². The molecule has 2 aromatic heterocycles. The number of nitrogen functional groups attached to an aromatic ring is 1. The van der Waals surface area contributed by atoms with Crippen LogP contribution in [0.5, 0.6) is 0 Å². The molecule has 1 amide bonds. The molecule has 34 heavy (non-hydrogen) atoms. The number of nitrogens with zero attached hydrogens (tertiary/aromatic N) is 8. The van der Waals surface area contributed by atoms with E-state index in [0.717, 1.165) is 4.68 Å². The number of rotatable bonds is 7. The van der Waals surface area contributed by atoms with Crippen LogP contribution in [-0.2, 0) is 0 Å². The van der Waals surface area contributed by atoms with Crippen molar-refractivity contribution in [3.63, 3.8) is 0 Å². The molecule has 4 aromatic rings. The fourth-order valence-corrected chi connectivity index (χ4v) is 2.85. The van der Waals surface area contributed by atoms with Crippen molar-refractivity contribution in [2.24, 2.45) is 5.10 Å². The largest absolute Gasteiger partial charge is 0.378 e. The first-order valence-corrected chi connectivity index (χ1v) is 9.22. The minimum absolute atomic E-state index is 0.0223. The second-order valence-corrected chi connectivity index (χ2v) is 6.53. The molecule has 0 aliphatic rings. The number of benzene rings is 2. The third-order valence-electron chi connectivity index (χ3n) is 4.40. The Hall–Kier alpha value is -5.54. The summed E-state index contributed by atoms with van der Waals surface area (Å²) in [5.41, 5.74) is 8.13. The molecule has 0 aliphatic carbocycles. The average molecular weight is 464 g/mol. The molecule has 0 fully saturated rings.